The third-order valence-electron chi connectivity index (χ3n) is 6.14. The molecule has 36 heavy (non-hydrogen) atoms. The van der Waals surface area contributed by atoms with Crippen molar-refractivity contribution in [3.8, 4) is 17.1 Å². The van der Waals surface area contributed by atoms with Crippen LogP contribution in [-0.2, 0) is 0 Å². The van der Waals surface area contributed by atoms with E-state index in [2.05, 4.69) is 15.5 Å². The average molecular weight is 485 g/mol. The number of nitrogens with one attached hydrogen (secondary N) is 1. The standard InChI is InChI=1S/C28H25FN4O3/c1-16-12-17(2)14-22(13-16)33-18(3)24(25(30-28(33)34)19-8-10-21(29)11-9-19)27-31-26(32-36-27)20-6-5-7-23(15-20)35-4/h5-15,25H,1-4H3,(H,30,34). The molecule has 1 N–H and O–H groups in total. The highest BCUT2D eigenvalue weighted by atomic mass is 19.1. The average Bonchev–Trinajstić information content (AvgIpc) is 3.33. The van der Waals surface area contributed by atoms with Crippen molar-refractivity contribution in [1.82, 2.24) is 15.5 Å². The Morgan fingerprint density at radius 3 is 2.42 bits per heavy atom. The first kappa shape index (κ1) is 23.3. The largest absolute Gasteiger partial charge is 0.497 e. The highest BCUT2D eigenvalue weighted by Crippen LogP contribution is 2.39. The minimum atomic E-state index is -0.612. The van der Waals surface area contributed by atoms with Gasteiger partial charge in [-0.25, -0.2) is 9.18 Å². The summed E-state index contributed by atoms with van der Waals surface area (Å²) in [4.78, 5) is 19.6. The first-order chi connectivity index (χ1) is 17.3. The van der Waals surface area contributed by atoms with Gasteiger partial charge in [0.1, 0.15) is 11.6 Å². The predicted molar refractivity (Wildman–Crippen MR) is 135 cm³/mol. The Hall–Kier alpha value is -4.46. The number of ether oxygens (including phenoxy) is 1. The number of hydrogen-bond acceptors (Lipinski definition) is 5. The first-order valence-electron chi connectivity index (χ1n) is 11.5. The molecular formula is C28H25FN4O3. The fraction of sp³-hybridized carbons (Fsp3) is 0.179. The number of allylic oxidation sites excluding steroid dienone is 1. The molecule has 182 valence electrons. The quantitative estimate of drug-likeness (QED) is 0.365. The number of benzene rings is 3. The van der Waals surface area contributed by atoms with Crippen LogP contribution < -0.4 is 15.0 Å². The topological polar surface area (TPSA) is 80.5 Å². The van der Waals surface area contributed by atoms with E-state index in [1.54, 1.807) is 24.1 Å². The molecule has 0 saturated heterocycles. The van der Waals surface area contributed by atoms with Crippen LogP contribution in [0.4, 0.5) is 14.9 Å². The number of aromatic nitrogens is 2. The van der Waals surface area contributed by atoms with Crippen molar-refractivity contribution >= 4 is 17.3 Å². The van der Waals surface area contributed by atoms with Crippen molar-refractivity contribution < 1.29 is 18.4 Å². The van der Waals surface area contributed by atoms with Crippen LogP contribution in [0.15, 0.2) is 77.0 Å². The second-order valence-corrected chi connectivity index (χ2v) is 8.77. The number of urea groups is 1. The molecule has 7 nitrogen and oxygen atoms in total. The first-order valence-corrected chi connectivity index (χ1v) is 11.5. The summed E-state index contributed by atoms with van der Waals surface area (Å²) in [5.74, 6) is 0.952. The van der Waals surface area contributed by atoms with Crippen molar-refractivity contribution in [2.24, 2.45) is 0 Å². The minimum Gasteiger partial charge on any atom is -0.497 e. The molecule has 0 fully saturated rings. The Morgan fingerprint density at radius 1 is 1.00 bits per heavy atom. The summed E-state index contributed by atoms with van der Waals surface area (Å²) < 4.78 is 24.7. The maximum Gasteiger partial charge on any atom is 0.326 e. The highest BCUT2D eigenvalue weighted by molar-refractivity contribution is 6.01. The van der Waals surface area contributed by atoms with Crippen LogP contribution >= 0.6 is 0 Å². The third kappa shape index (κ3) is 4.33. The lowest BCUT2D eigenvalue weighted by Gasteiger charge is -2.35. The Bertz CT molecular complexity index is 1460. The van der Waals surface area contributed by atoms with Gasteiger partial charge in [0.25, 0.3) is 5.89 Å². The van der Waals surface area contributed by atoms with Gasteiger partial charge in [-0.1, -0.05) is 35.5 Å². The molecule has 2 amide bonds. The molecule has 0 spiro atoms. The normalized spacial score (nSPS) is 15.8. The molecule has 1 aromatic heterocycles. The molecule has 2 heterocycles. The summed E-state index contributed by atoms with van der Waals surface area (Å²) in [6.07, 6.45) is 0. The Morgan fingerprint density at radius 2 is 1.72 bits per heavy atom. The van der Waals surface area contributed by atoms with Crippen LogP contribution in [0.3, 0.4) is 0 Å². The molecule has 0 radical (unpaired) electrons. The molecule has 1 atom stereocenters. The summed E-state index contributed by atoms with van der Waals surface area (Å²) >= 11 is 0. The van der Waals surface area contributed by atoms with E-state index in [1.165, 1.54) is 12.1 Å². The molecule has 8 heteroatoms. The molecule has 0 aliphatic carbocycles. The van der Waals surface area contributed by atoms with Gasteiger partial charge < -0.3 is 14.6 Å². The van der Waals surface area contributed by atoms with Gasteiger partial charge in [0.2, 0.25) is 5.82 Å². The van der Waals surface area contributed by atoms with Crippen LogP contribution in [0, 0.1) is 19.7 Å². The van der Waals surface area contributed by atoms with Crippen molar-refractivity contribution in [1.29, 1.82) is 0 Å². The zero-order chi connectivity index (χ0) is 25.4. The second kappa shape index (κ2) is 9.30. The third-order valence-corrected chi connectivity index (χ3v) is 6.14. The Labute approximate surface area is 208 Å². The molecular weight excluding hydrogens is 459 g/mol. The monoisotopic (exact) mass is 484 g/mol. The van der Waals surface area contributed by atoms with Gasteiger partial charge in [-0.2, -0.15) is 4.98 Å². The van der Waals surface area contributed by atoms with Crippen LogP contribution in [0.5, 0.6) is 5.75 Å². The number of methoxy groups -OCH3 is 1. The van der Waals surface area contributed by atoms with Crippen LogP contribution in [0.2, 0.25) is 0 Å². The van der Waals surface area contributed by atoms with E-state index in [1.807, 2.05) is 63.2 Å². The number of rotatable bonds is 5. The maximum absolute atomic E-state index is 13.7. The minimum absolute atomic E-state index is 0.258. The van der Waals surface area contributed by atoms with Crippen LogP contribution in [0.25, 0.3) is 17.0 Å². The molecule has 1 unspecified atom stereocenters. The van der Waals surface area contributed by atoms with Gasteiger partial charge in [0, 0.05) is 11.3 Å². The fourth-order valence-electron chi connectivity index (χ4n) is 4.53. The number of anilines is 1. The van der Waals surface area contributed by atoms with E-state index in [-0.39, 0.29) is 17.7 Å². The van der Waals surface area contributed by atoms with Gasteiger partial charge in [-0.15, -0.1) is 0 Å². The molecule has 1 aliphatic heterocycles. The number of aryl methyl sites for hydroxylation is 2. The summed E-state index contributed by atoms with van der Waals surface area (Å²) in [6.45, 7) is 5.81. The molecule has 3 aromatic carbocycles. The number of hydrogen-bond donors (Lipinski definition) is 1. The number of nitrogens with zero attached hydrogens (tertiary/aromatic N) is 3. The van der Waals surface area contributed by atoms with Crippen LogP contribution in [0.1, 0.15) is 35.5 Å². The zero-order valence-electron chi connectivity index (χ0n) is 20.4. The lowest BCUT2D eigenvalue weighted by molar-refractivity contribution is 0.244. The number of carbonyl (C=O) groups is 1. The van der Waals surface area contributed by atoms with Crippen molar-refractivity contribution in [2.75, 3.05) is 12.0 Å². The van der Waals surface area contributed by atoms with Gasteiger partial charge in [-0.3, -0.25) is 4.90 Å². The zero-order valence-corrected chi connectivity index (χ0v) is 20.4. The van der Waals surface area contributed by atoms with Crippen molar-refractivity contribution in [2.45, 2.75) is 26.8 Å². The van der Waals surface area contributed by atoms with Gasteiger partial charge >= 0.3 is 6.03 Å². The predicted octanol–water partition coefficient (Wildman–Crippen LogP) is 6.20. The molecule has 4 aromatic rings. The molecule has 5 rings (SSSR count). The lowest BCUT2D eigenvalue weighted by Crippen LogP contribution is -2.46. The van der Waals surface area contributed by atoms with E-state index in [4.69, 9.17) is 9.26 Å². The lowest BCUT2D eigenvalue weighted by atomic mass is 9.94. The molecule has 0 bridgehead atoms. The highest BCUT2D eigenvalue weighted by Gasteiger charge is 2.36. The smallest absolute Gasteiger partial charge is 0.326 e. The number of amides is 2. The summed E-state index contributed by atoms with van der Waals surface area (Å²) in [6, 6.07) is 18.4. The number of halogens is 1. The van der Waals surface area contributed by atoms with E-state index in [0.717, 1.165) is 22.4 Å². The van der Waals surface area contributed by atoms with Crippen molar-refractivity contribution in [3.63, 3.8) is 0 Å². The van der Waals surface area contributed by atoms with E-state index >= 15 is 0 Å². The van der Waals surface area contributed by atoms with Gasteiger partial charge in [-0.05, 0) is 73.9 Å². The Kier molecular flexibility index (Phi) is 6.01. The number of carbonyl (C=O) groups excluding carboxylic acids is 1. The SMILES string of the molecule is COc1cccc(-c2noc(C3=C(C)N(c4cc(C)cc(C)c4)C(=O)NC3c3ccc(F)cc3)n2)c1. The van der Waals surface area contributed by atoms with Crippen LogP contribution in [-0.4, -0.2) is 23.3 Å². The van der Waals surface area contributed by atoms with E-state index in [0.29, 0.717) is 28.4 Å². The van der Waals surface area contributed by atoms with Crippen molar-refractivity contribution in [3.05, 3.63) is 101 Å². The fourth-order valence-corrected chi connectivity index (χ4v) is 4.53. The summed E-state index contributed by atoms with van der Waals surface area (Å²) in [5.41, 5.74) is 5.48. The maximum atomic E-state index is 13.7. The van der Waals surface area contributed by atoms with Gasteiger partial charge in [0.05, 0.1) is 24.4 Å². The second-order valence-electron chi connectivity index (χ2n) is 8.77. The molecule has 0 saturated carbocycles. The Balaban J connectivity index is 1.66. The van der Waals surface area contributed by atoms with E-state index < -0.39 is 6.04 Å². The van der Waals surface area contributed by atoms with Gasteiger partial charge in [0.15, 0.2) is 0 Å². The van der Waals surface area contributed by atoms with E-state index in [9.17, 15) is 9.18 Å². The summed E-state index contributed by atoms with van der Waals surface area (Å²) in [5, 5.41) is 7.24. The molecule has 1 aliphatic rings. The summed E-state index contributed by atoms with van der Waals surface area (Å²) in [7, 11) is 1.59.